The summed E-state index contributed by atoms with van der Waals surface area (Å²) < 4.78 is 66.7. The molecule has 1 heterocycles. The number of nitrogens with two attached hydrogens (primary N) is 1. The summed E-state index contributed by atoms with van der Waals surface area (Å²) in [5.74, 6) is 0. The number of alkyl halides is 3. The molecule has 0 fully saturated rings. The first kappa shape index (κ1) is 22.1. The summed E-state index contributed by atoms with van der Waals surface area (Å²) in [5, 5.41) is 10.3. The SMILES string of the molecule is NS(=O)(=O)c1ccccc1-n1nc(-c2ccc(Cl)cc2)cc1-c1ccccc1C(F)(F)F. The fourth-order valence-corrected chi connectivity index (χ4v) is 4.18. The molecule has 164 valence electrons. The number of hydrogen-bond acceptors (Lipinski definition) is 3. The van der Waals surface area contributed by atoms with Crippen molar-refractivity contribution in [1.82, 2.24) is 9.78 Å². The molecular weight excluding hydrogens is 463 g/mol. The van der Waals surface area contributed by atoms with Crippen LogP contribution in [0.25, 0.3) is 28.2 Å². The van der Waals surface area contributed by atoms with E-state index in [0.717, 1.165) is 10.7 Å². The third kappa shape index (κ3) is 4.27. The van der Waals surface area contributed by atoms with E-state index >= 15 is 0 Å². The van der Waals surface area contributed by atoms with Gasteiger partial charge in [0.1, 0.15) is 4.90 Å². The standard InChI is InChI=1S/C22H15ClF3N3O2S/c23-15-11-9-14(10-12-15)18-13-20(16-5-1-2-6-17(16)22(24,25)26)29(28-18)19-7-3-4-8-21(19)32(27,30)31/h1-13H,(H2,27,30,31). The fourth-order valence-electron chi connectivity index (χ4n) is 3.34. The number of hydrogen-bond donors (Lipinski definition) is 1. The molecule has 0 aliphatic rings. The predicted octanol–water partition coefficient (Wildman–Crippen LogP) is 5.53. The van der Waals surface area contributed by atoms with E-state index in [0.29, 0.717) is 16.3 Å². The highest BCUT2D eigenvalue weighted by Gasteiger charge is 2.34. The molecule has 0 amide bonds. The molecule has 0 aliphatic heterocycles. The van der Waals surface area contributed by atoms with Gasteiger partial charge < -0.3 is 0 Å². The molecule has 0 saturated heterocycles. The second-order valence-corrected chi connectivity index (χ2v) is 8.86. The summed E-state index contributed by atoms with van der Waals surface area (Å²) in [6, 6.07) is 18.8. The molecular formula is C22H15ClF3N3O2S. The molecule has 3 aromatic carbocycles. The molecule has 0 aliphatic carbocycles. The van der Waals surface area contributed by atoms with Crippen LogP contribution in [0.1, 0.15) is 5.56 Å². The molecule has 0 radical (unpaired) electrons. The van der Waals surface area contributed by atoms with Gasteiger partial charge in [-0.3, -0.25) is 0 Å². The maximum atomic E-state index is 13.8. The molecule has 0 unspecified atom stereocenters. The number of sulfonamides is 1. The minimum Gasteiger partial charge on any atom is -0.231 e. The van der Waals surface area contributed by atoms with Gasteiger partial charge in [0.15, 0.2) is 0 Å². The van der Waals surface area contributed by atoms with Crippen LogP contribution in [0.2, 0.25) is 5.02 Å². The molecule has 4 rings (SSSR count). The molecule has 0 saturated carbocycles. The highest BCUT2D eigenvalue weighted by atomic mass is 35.5. The van der Waals surface area contributed by atoms with Crippen LogP contribution >= 0.6 is 11.6 Å². The summed E-state index contributed by atoms with van der Waals surface area (Å²) in [5.41, 5.74) is -0.0279. The number of aromatic nitrogens is 2. The minimum atomic E-state index is -4.63. The Hall–Kier alpha value is -3.14. The summed E-state index contributed by atoms with van der Waals surface area (Å²) >= 11 is 5.94. The number of nitrogens with zero attached hydrogens (tertiary/aromatic N) is 2. The Labute approximate surface area is 186 Å². The van der Waals surface area contributed by atoms with Crippen LogP contribution < -0.4 is 5.14 Å². The van der Waals surface area contributed by atoms with E-state index in [1.807, 2.05) is 0 Å². The number of rotatable bonds is 4. The van der Waals surface area contributed by atoms with Gasteiger partial charge in [-0.05, 0) is 36.4 Å². The van der Waals surface area contributed by atoms with Crippen molar-refractivity contribution < 1.29 is 21.6 Å². The van der Waals surface area contributed by atoms with Gasteiger partial charge in [-0.1, -0.05) is 54.1 Å². The molecule has 5 nitrogen and oxygen atoms in total. The zero-order chi connectivity index (χ0) is 23.1. The molecule has 0 bridgehead atoms. The smallest absolute Gasteiger partial charge is 0.231 e. The van der Waals surface area contributed by atoms with E-state index in [2.05, 4.69) is 5.10 Å². The van der Waals surface area contributed by atoms with Gasteiger partial charge in [-0.25, -0.2) is 18.2 Å². The minimum absolute atomic E-state index is 0.0298. The van der Waals surface area contributed by atoms with Gasteiger partial charge in [0.2, 0.25) is 10.0 Å². The van der Waals surface area contributed by atoms with Crippen molar-refractivity contribution >= 4 is 21.6 Å². The highest BCUT2D eigenvalue weighted by molar-refractivity contribution is 7.89. The van der Waals surface area contributed by atoms with Crippen molar-refractivity contribution in [2.24, 2.45) is 5.14 Å². The zero-order valence-electron chi connectivity index (χ0n) is 16.2. The lowest BCUT2D eigenvalue weighted by Crippen LogP contribution is -2.16. The van der Waals surface area contributed by atoms with Gasteiger partial charge in [-0.2, -0.15) is 18.3 Å². The van der Waals surface area contributed by atoms with E-state index in [4.69, 9.17) is 16.7 Å². The van der Waals surface area contributed by atoms with Gasteiger partial charge in [0.25, 0.3) is 0 Å². The van der Waals surface area contributed by atoms with Gasteiger partial charge in [0.05, 0.1) is 22.6 Å². The van der Waals surface area contributed by atoms with Crippen molar-refractivity contribution in [1.29, 1.82) is 0 Å². The number of benzene rings is 3. The summed E-state index contributed by atoms with van der Waals surface area (Å²) in [4.78, 5) is -0.267. The van der Waals surface area contributed by atoms with E-state index in [-0.39, 0.29) is 21.8 Å². The van der Waals surface area contributed by atoms with Crippen LogP contribution in [-0.2, 0) is 16.2 Å². The Morgan fingerprint density at radius 3 is 2.19 bits per heavy atom. The fraction of sp³-hybridized carbons (Fsp3) is 0.0455. The highest BCUT2D eigenvalue weighted by Crippen LogP contribution is 2.39. The Morgan fingerprint density at radius 1 is 0.906 bits per heavy atom. The van der Waals surface area contributed by atoms with Gasteiger partial charge in [0, 0.05) is 16.1 Å². The largest absolute Gasteiger partial charge is 0.417 e. The topological polar surface area (TPSA) is 78.0 Å². The van der Waals surface area contributed by atoms with Crippen LogP contribution in [0.5, 0.6) is 0 Å². The zero-order valence-corrected chi connectivity index (χ0v) is 17.8. The average molecular weight is 478 g/mol. The third-order valence-electron chi connectivity index (χ3n) is 4.76. The molecule has 0 spiro atoms. The monoisotopic (exact) mass is 477 g/mol. The van der Waals surface area contributed by atoms with E-state index in [1.165, 1.54) is 42.5 Å². The Morgan fingerprint density at radius 2 is 1.53 bits per heavy atom. The Bertz CT molecular complexity index is 1400. The normalized spacial score (nSPS) is 12.2. The molecule has 1 aromatic heterocycles. The molecule has 10 heteroatoms. The van der Waals surface area contributed by atoms with Crippen molar-refractivity contribution in [2.45, 2.75) is 11.1 Å². The number of halogens is 4. The Kier molecular flexibility index (Phi) is 5.58. The van der Waals surface area contributed by atoms with Gasteiger partial charge in [-0.15, -0.1) is 0 Å². The van der Waals surface area contributed by atoms with Crippen molar-refractivity contribution in [3.63, 3.8) is 0 Å². The molecule has 0 atom stereocenters. The molecule has 4 aromatic rings. The van der Waals surface area contributed by atoms with E-state index in [1.54, 1.807) is 30.3 Å². The maximum absolute atomic E-state index is 13.8. The van der Waals surface area contributed by atoms with Gasteiger partial charge >= 0.3 is 6.18 Å². The lowest BCUT2D eigenvalue weighted by molar-refractivity contribution is -0.137. The first-order valence-electron chi connectivity index (χ1n) is 9.20. The number of para-hydroxylation sites is 1. The van der Waals surface area contributed by atoms with Crippen molar-refractivity contribution in [2.75, 3.05) is 0 Å². The van der Waals surface area contributed by atoms with Crippen LogP contribution in [0.15, 0.2) is 83.8 Å². The molecule has 2 N–H and O–H groups in total. The van der Waals surface area contributed by atoms with E-state index in [9.17, 15) is 21.6 Å². The quantitative estimate of drug-likeness (QED) is 0.420. The third-order valence-corrected chi connectivity index (χ3v) is 5.97. The van der Waals surface area contributed by atoms with E-state index < -0.39 is 21.8 Å². The van der Waals surface area contributed by atoms with Crippen LogP contribution in [0, 0.1) is 0 Å². The predicted molar refractivity (Wildman–Crippen MR) is 116 cm³/mol. The average Bonchev–Trinajstić information content (AvgIpc) is 3.18. The lowest BCUT2D eigenvalue weighted by atomic mass is 10.0. The van der Waals surface area contributed by atoms with Crippen LogP contribution in [0.3, 0.4) is 0 Å². The van der Waals surface area contributed by atoms with Crippen LogP contribution in [0.4, 0.5) is 13.2 Å². The lowest BCUT2D eigenvalue weighted by Gasteiger charge is -2.15. The summed E-state index contributed by atoms with van der Waals surface area (Å²) in [7, 11) is -4.18. The van der Waals surface area contributed by atoms with Crippen molar-refractivity contribution in [3.05, 3.63) is 89.4 Å². The van der Waals surface area contributed by atoms with Crippen LogP contribution in [-0.4, -0.2) is 18.2 Å². The molecule has 32 heavy (non-hydrogen) atoms. The second-order valence-electron chi connectivity index (χ2n) is 6.89. The summed E-state index contributed by atoms with van der Waals surface area (Å²) in [6.07, 6.45) is -4.63. The Balaban J connectivity index is 2.05. The summed E-state index contributed by atoms with van der Waals surface area (Å²) in [6.45, 7) is 0. The number of primary sulfonamides is 1. The van der Waals surface area contributed by atoms with Crippen molar-refractivity contribution in [3.8, 4) is 28.2 Å². The second kappa shape index (κ2) is 8.09. The first-order chi connectivity index (χ1) is 15.1. The first-order valence-corrected chi connectivity index (χ1v) is 11.1. The maximum Gasteiger partial charge on any atom is 0.417 e.